The van der Waals surface area contributed by atoms with Gasteiger partial charge in [0.25, 0.3) is 0 Å². The van der Waals surface area contributed by atoms with Gasteiger partial charge < -0.3 is 14.4 Å². The Hall–Kier alpha value is -2.04. The van der Waals surface area contributed by atoms with E-state index in [1.807, 2.05) is 25.7 Å². The maximum absolute atomic E-state index is 12.0. The summed E-state index contributed by atoms with van der Waals surface area (Å²) >= 11 is 0. The summed E-state index contributed by atoms with van der Waals surface area (Å²) in [4.78, 5) is 25.5. The van der Waals surface area contributed by atoms with Gasteiger partial charge in [-0.25, -0.2) is 0 Å². The molecule has 0 spiro atoms. The first-order valence-electron chi connectivity index (χ1n) is 7.66. The van der Waals surface area contributed by atoms with Gasteiger partial charge in [0.1, 0.15) is 18.4 Å². The van der Waals surface area contributed by atoms with Gasteiger partial charge in [-0.2, -0.15) is 0 Å². The van der Waals surface area contributed by atoms with Crippen LogP contribution in [0.5, 0.6) is 5.75 Å². The van der Waals surface area contributed by atoms with Crippen LogP contribution < -0.4 is 9.64 Å². The van der Waals surface area contributed by atoms with Gasteiger partial charge in [0.15, 0.2) is 5.78 Å². The van der Waals surface area contributed by atoms with Crippen molar-refractivity contribution in [3.05, 3.63) is 23.8 Å². The summed E-state index contributed by atoms with van der Waals surface area (Å²) in [5.74, 6) is 0.427. The number of ether oxygens (including phenoxy) is 2. The highest BCUT2D eigenvalue weighted by Gasteiger charge is 2.27. The second kappa shape index (κ2) is 6.81. The highest BCUT2D eigenvalue weighted by atomic mass is 16.5. The minimum Gasteiger partial charge on any atom is -0.486 e. The van der Waals surface area contributed by atoms with Crippen LogP contribution in [0, 0.1) is 0 Å². The Labute approximate surface area is 131 Å². The van der Waals surface area contributed by atoms with E-state index >= 15 is 0 Å². The average Bonchev–Trinajstić information content (AvgIpc) is 2.45. The molecule has 0 saturated carbocycles. The maximum Gasteiger partial charge on any atom is 0.325 e. The predicted octanol–water partition coefficient (Wildman–Crippen LogP) is 2.82. The number of anilines is 1. The van der Waals surface area contributed by atoms with Crippen molar-refractivity contribution in [1.29, 1.82) is 0 Å². The molecule has 0 aliphatic carbocycles. The SMILES string of the molecule is CCC1CN(CC(=O)OC(C)C)c2cc(C(C)=O)ccc2O1. The van der Waals surface area contributed by atoms with Gasteiger partial charge in [0.2, 0.25) is 0 Å². The Morgan fingerprint density at radius 2 is 2.14 bits per heavy atom. The van der Waals surface area contributed by atoms with Crippen LogP contribution in [-0.2, 0) is 9.53 Å². The van der Waals surface area contributed by atoms with Crippen LogP contribution in [-0.4, -0.2) is 37.0 Å². The van der Waals surface area contributed by atoms with E-state index in [0.29, 0.717) is 17.9 Å². The molecule has 1 aliphatic heterocycles. The zero-order valence-electron chi connectivity index (χ0n) is 13.6. The number of nitrogens with zero attached hydrogens (tertiary/aromatic N) is 1. The van der Waals surface area contributed by atoms with Gasteiger partial charge in [-0.15, -0.1) is 0 Å². The van der Waals surface area contributed by atoms with E-state index in [4.69, 9.17) is 9.47 Å². The molecule has 0 fully saturated rings. The number of hydrogen-bond donors (Lipinski definition) is 0. The second-order valence-corrected chi connectivity index (χ2v) is 5.81. The van der Waals surface area contributed by atoms with Crippen molar-refractivity contribution in [2.75, 3.05) is 18.0 Å². The van der Waals surface area contributed by atoms with Gasteiger partial charge in [-0.05, 0) is 45.4 Å². The summed E-state index contributed by atoms with van der Waals surface area (Å²) in [5, 5.41) is 0. The third-order valence-corrected chi connectivity index (χ3v) is 3.57. The minimum atomic E-state index is -0.272. The fourth-order valence-electron chi connectivity index (χ4n) is 2.46. The normalized spacial score (nSPS) is 17.0. The molecule has 1 aromatic carbocycles. The van der Waals surface area contributed by atoms with Gasteiger partial charge in [-0.1, -0.05) is 6.92 Å². The molecule has 5 nitrogen and oxygen atoms in total. The van der Waals surface area contributed by atoms with Crippen LogP contribution >= 0.6 is 0 Å². The lowest BCUT2D eigenvalue weighted by molar-refractivity contribution is -0.145. The number of fused-ring (bicyclic) bond motifs is 1. The first kappa shape index (κ1) is 16.3. The van der Waals surface area contributed by atoms with E-state index in [-0.39, 0.29) is 30.5 Å². The Kier molecular flexibility index (Phi) is 5.06. The van der Waals surface area contributed by atoms with Crippen molar-refractivity contribution in [3.8, 4) is 5.75 Å². The Bertz CT molecular complexity index is 568. The van der Waals surface area contributed by atoms with Crippen molar-refractivity contribution in [2.45, 2.75) is 46.3 Å². The molecule has 5 heteroatoms. The second-order valence-electron chi connectivity index (χ2n) is 5.81. The molecule has 22 heavy (non-hydrogen) atoms. The van der Waals surface area contributed by atoms with Crippen molar-refractivity contribution >= 4 is 17.4 Å². The number of carbonyl (C=O) groups is 2. The topological polar surface area (TPSA) is 55.8 Å². The molecule has 120 valence electrons. The first-order valence-corrected chi connectivity index (χ1v) is 7.66. The number of esters is 1. The summed E-state index contributed by atoms with van der Waals surface area (Å²) < 4.78 is 11.1. The number of carbonyl (C=O) groups excluding carboxylic acids is 2. The monoisotopic (exact) mass is 305 g/mol. The third kappa shape index (κ3) is 3.78. The zero-order chi connectivity index (χ0) is 16.3. The lowest BCUT2D eigenvalue weighted by Gasteiger charge is -2.35. The smallest absolute Gasteiger partial charge is 0.325 e. The third-order valence-electron chi connectivity index (χ3n) is 3.57. The van der Waals surface area contributed by atoms with Gasteiger partial charge in [0.05, 0.1) is 18.3 Å². The van der Waals surface area contributed by atoms with E-state index in [0.717, 1.165) is 12.1 Å². The van der Waals surface area contributed by atoms with Crippen molar-refractivity contribution in [2.24, 2.45) is 0 Å². The first-order chi connectivity index (χ1) is 10.4. The van der Waals surface area contributed by atoms with Crippen LogP contribution in [0.2, 0.25) is 0 Å². The molecule has 0 amide bonds. The van der Waals surface area contributed by atoms with Crippen molar-refractivity contribution < 1.29 is 19.1 Å². The van der Waals surface area contributed by atoms with Crippen molar-refractivity contribution in [3.63, 3.8) is 0 Å². The molecule has 0 aromatic heterocycles. The van der Waals surface area contributed by atoms with Gasteiger partial charge in [-0.3, -0.25) is 9.59 Å². The summed E-state index contributed by atoms with van der Waals surface area (Å²) in [6, 6.07) is 5.34. The van der Waals surface area contributed by atoms with E-state index in [1.165, 1.54) is 6.92 Å². The van der Waals surface area contributed by atoms with Gasteiger partial charge >= 0.3 is 5.97 Å². The highest BCUT2D eigenvalue weighted by molar-refractivity contribution is 5.95. The molecule has 0 N–H and O–H groups in total. The average molecular weight is 305 g/mol. The molecule has 1 unspecified atom stereocenters. The van der Waals surface area contributed by atoms with E-state index in [9.17, 15) is 9.59 Å². The minimum absolute atomic E-state index is 0.00915. The maximum atomic E-state index is 12.0. The Morgan fingerprint density at radius 3 is 2.73 bits per heavy atom. The fraction of sp³-hybridized carbons (Fsp3) is 0.529. The molecule has 0 saturated heterocycles. The predicted molar refractivity (Wildman–Crippen MR) is 84.6 cm³/mol. The van der Waals surface area contributed by atoms with Gasteiger partial charge in [0, 0.05) is 5.56 Å². The fourth-order valence-corrected chi connectivity index (χ4v) is 2.46. The summed E-state index contributed by atoms with van der Waals surface area (Å²) in [6.45, 7) is 7.99. The molecule has 0 bridgehead atoms. The lowest BCUT2D eigenvalue weighted by Crippen LogP contribution is -2.43. The molecule has 1 aliphatic rings. The lowest BCUT2D eigenvalue weighted by atomic mass is 10.1. The van der Waals surface area contributed by atoms with Crippen LogP contribution in [0.3, 0.4) is 0 Å². The number of benzene rings is 1. The number of ketones is 1. The Balaban J connectivity index is 2.27. The van der Waals surface area contributed by atoms with Crippen LogP contribution in [0.25, 0.3) is 0 Å². The molecule has 2 rings (SSSR count). The summed E-state index contributed by atoms with van der Waals surface area (Å²) in [6.07, 6.45) is 0.741. The molecular weight excluding hydrogens is 282 g/mol. The highest BCUT2D eigenvalue weighted by Crippen LogP contribution is 2.35. The zero-order valence-corrected chi connectivity index (χ0v) is 13.6. The van der Waals surface area contributed by atoms with E-state index in [2.05, 4.69) is 0 Å². The van der Waals surface area contributed by atoms with Crippen LogP contribution in [0.15, 0.2) is 18.2 Å². The number of Topliss-reactive ketones (excluding diaryl/α,β-unsaturated/α-hetero) is 1. The molecule has 0 radical (unpaired) electrons. The number of hydrogen-bond acceptors (Lipinski definition) is 5. The van der Waals surface area contributed by atoms with E-state index in [1.54, 1.807) is 18.2 Å². The number of rotatable bonds is 5. The van der Waals surface area contributed by atoms with E-state index < -0.39 is 0 Å². The standard InChI is InChI=1S/C17H23NO4/c1-5-14-9-18(10-17(20)21-11(2)3)15-8-13(12(4)19)6-7-16(15)22-14/h6-8,11,14H,5,9-10H2,1-4H3. The largest absolute Gasteiger partial charge is 0.486 e. The summed E-state index contributed by atoms with van der Waals surface area (Å²) in [7, 11) is 0. The molecular formula is C17H23NO4. The quantitative estimate of drug-likeness (QED) is 0.618. The summed E-state index contributed by atoms with van der Waals surface area (Å²) in [5.41, 5.74) is 1.39. The Morgan fingerprint density at radius 1 is 1.41 bits per heavy atom. The molecule has 1 aromatic rings. The van der Waals surface area contributed by atoms with Crippen LogP contribution in [0.4, 0.5) is 5.69 Å². The molecule has 1 heterocycles. The van der Waals surface area contributed by atoms with Crippen LogP contribution in [0.1, 0.15) is 44.5 Å². The van der Waals surface area contributed by atoms with Crippen molar-refractivity contribution in [1.82, 2.24) is 0 Å². The molecule has 1 atom stereocenters.